The standard InChI is InChI=1S/C16H27NS5/c1-4-6-7-9-16(3,8-5-2)17-10-11(18)13(20)15(22)14(21)12(10)19/h17-22H,4-9H2,1-3H3. The van der Waals surface area contributed by atoms with Gasteiger partial charge < -0.3 is 5.32 Å². The molecule has 1 aromatic carbocycles. The van der Waals surface area contributed by atoms with Crippen LogP contribution in [0.4, 0.5) is 5.69 Å². The molecule has 126 valence electrons. The average molecular weight is 394 g/mol. The van der Waals surface area contributed by atoms with E-state index in [1.54, 1.807) is 0 Å². The molecule has 0 fully saturated rings. The van der Waals surface area contributed by atoms with Crippen molar-refractivity contribution >= 4 is 68.8 Å². The first-order valence-corrected chi connectivity index (χ1v) is 9.98. The third-order valence-corrected chi connectivity index (χ3v) is 6.87. The topological polar surface area (TPSA) is 12.0 Å². The van der Waals surface area contributed by atoms with E-state index in [1.807, 2.05) is 0 Å². The predicted molar refractivity (Wildman–Crippen MR) is 114 cm³/mol. The maximum Gasteiger partial charge on any atom is 0.0639 e. The molecule has 0 saturated heterocycles. The van der Waals surface area contributed by atoms with Gasteiger partial charge >= 0.3 is 0 Å². The number of hydrogen-bond donors (Lipinski definition) is 6. The first-order chi connectivity index (χ1) is 10.3. The summed E-state index contributed by atoms with van der Waals surface area (Å²) in [6.07, 6.45) is 7.06. The Morgan fingerprint density at radius 1 is 0.727 bits per heavy atom. The molecule has 22 heavy (non-hydrogen) atoms. The lowest BCUT2D eigenvalue weighted by atomic mass is 9.89. The second-order valence-corrected chi connectivity index (χ2v) is 8.25. The van der Waals surface area contributed by atoms with Gasteiger partial charge in [0.25, 0.3) is 0 Å². The summed E-state index contributed by atoms with van der Waals surface area (Å²) in [5.74, 6) is 0. The van der Waals surface area contributed by atoms with E-state index in [0.29, 0.717) is 0 Å². The second-order valence-electron chi connectivity index (χ2n) is 6.01. The molecule has 0 saturated carbocycles. The quantitative estimate of drug-likeness (QED) is 0.214. The third kappa shape index (κ3) is 5.13. The molecule has 1 N–H and O–H groups in total. The maximum atomic E-state index is 4.62. The van der Waals surface area contributed by atoms with Crippen molar-refractivity contribution in [3.05, 3.63) is 0 Å². The highest BCUT2D eigenvalue weighted by Gasteiger charge is 2.26. The fourth-order valence-electron chi connectivity index (χ4n) is 2.67. The number of anilines is 1. The van der Waals surface area contributed by atoms with Crippen LogP contribution in [0, 0.1) is 0 Å². The molecule has 1 aromatic rings. The van der Waals surface area contributed by atoms with Crippen LogP contribution in [0.15, 0.2) is 24.5 Å². The Morgan fingerprint density at radius 2 is 1.23 bits per heavy atom. The Balaban J connectivity index is 3.13. The third-order valence-electron chi connectivity index (χ3n) is 3.93. The van der Waals surface area contributed by atoms with Crippen LogP contribution in [0.1, 0.15) is 59.3 Å². The van der Waals surface area contributed by atoms with E-state index in [4.69, 9.17) is 0 Å². The van der Waals surface area contributed by atoms with Gasteiger partial charge in [-0.05, 0) is 19.8 Å². The van der Waals surface area contributed by atoms with Crippen LogP contribution in [0.3, 0.4) is 0 Å². The van der Waals surface area contributed by atoms with Gasteiger partial charge in [-0.3, -0.25) is 0 Å². The monoisotopic (exact) mass is 393 g/mol. The van der Waals surface area contributed by atoms with Crippen molar-refractivity contribution in [1.29, 1.82) is 0 Å². The molecule has 0 aliphatic rings. The van der Waals surface area contributed by atoms with Crippen LogP contribution < -0.4 is 5.32 Å². The van der Waals surface area contributed by atoms with Crippen molar-refractivity contribution < 1.29 is 0 Å². The summed E-state index contributed by atoms with van der Waals surface area (Å²) < 4.78 is 0. The lowest BCUT2D eigenvalue weighted by Crippen LogP contribution is -2.35. The molecule has 0 bridgehead atoms. The minimum atomic E-state index is 0.0252. The highest BCUT2D eigenvalue weighted by Crippen LogP contribution is 2.44. The maximum absolute atomic E-state index is 4.62. The Bertz CT molecular complexity index is 489. The lowest BCUT2D eigenvalue weighted by molar-refractivity contribution is 0.410. The summed E-state index contributed by atoms with van der Waals surface area (Å²) >= 11 is 22.7. The summed E-state index contributed by atoms with van der Waals surface area (Å²) in [5, 5.41) is 3.68. The molecule has 1 rings (SSSR count). The first kappa shape index (κ1) is 20.8. The summed E-state index contributed by atoms with van der Waals surface area (Å²) in [5.41, 5.74) is 0.934. The van der Waals surface area contributed by atoms with E-state index in [-0.39, 0.29) is 5.54 Å². The number of unbranched alkanes of at least 4 members (excludes halogenated alkanes) is 2. The zero-order chi connectivity index (χ0) is 16.9. The number of nitrogens with one attached hydrogen (secondary N) is 1. The predicted octanol–water partition coefficient (Wildman–Crippen LogP) is 6.68. The van der Waals surface area contributed by atoms with Gasteiger partial charge in [0.15, 0.2) is 0 Å². The first-order valence-electron chi connectivity index (χ1n) is 7.74. The lowest BCUT2D eigenvalue weighted by Gasteiger charge is -2.34. The Hall–Kier alpha value is 0.770. The van der Waals surface area contributed by atoms with Crippen molar-refractivity contribution in [1.82, 2.24) is 0 Å². The van der Waals surface area contributed by atoms with Gasteiger partial charge in [0.05, 0.1) is 5.69 Å². The molecular weight excluding hydrogens is 367 g/mol. The van der Waals surface area contributed by atoms with Crippen molar-refractivity contribution in [2.45, 2.75) is 89.3 Å². The van der Waals surface area contributed by atoms with Crippen LogP contribution in [0.5, 0.6) is 0 Å². The van der Waals surface area contributed by atoms with E-state index < -0.39 is 0 Å². The van der Waals surface area contributed by atoms with Crippen molar-refractivity contribution in [3.63, 3.8) is 0 Å². The molecule has 0 aromatic heterocycles. The number of hydrogen-bond acceptors (Lipinski definition) is 6. The minimum absolute atomic E-state index is 0.0252. The van der Waals surface area contributed by atoms with Gasteiger partial charge in [0.2, 0.25) is 0 Å². The van der Waals surface area contributed by atoms with Crippen molar-refractivity contribution in [2.24, 2.45) is 0 Å². The van der Waals surface area contributed by atoms with Crippen molar-refractivity contribution in [2.75, 3.05) is 5.32 Å². The fourth-order valence-corrected chi connectivity index (χ4v) is 4.26. The Labute approximate surface area is 162 Å². The molecule has 0 spiro atoms. The largest absolute Gasteiger partial charge is 0.378 e. The van der Waals surface area contributed by atoms with Gasteiger partial charge in [-0.1, -0.05) is 39.5 Å². The Kier molecular flexibility index (Phi) is 8.80. The van der Waals surface area contributed by atoms with E-state index in [0.717, 1.165) is 49.4 Å². The molecule has 6 heteroatoms. The summed E-state index contributed by atoms with van der Waals surface area (Å²) in [4.78, 5) is 3.77. The minimum Gasteiger partial charge on any atom is -0.378 e. The zero-order valence-corrected chi connectivity index (χ0v) is 18.0. The molecule has 0 aliphatic heterocycles. The van der Waals surface area contributed by atoms with Crippen LogP contribution in [-0.2, 0) is 0 Å². The highest BCUT2D eigenvalue weighted by atomic mass is 32.1. The van der Waals surface area contributed by atoms with Crippen LogP contribution in [0.25, 0.3) is 0 Å². The molecule has 1 atom stereocenters. The second kappa shape index (κ2) is 9.30. The molecule has 0 aliphatic carbocycles. The fraction of sp³-hybridized carbons (Fsp3) is 0.625. The molecule has 1 nitrogen and oxygen atoms in total. The van der Waals surface area contributed by atoms with E-state index in [2.05, 4.69) is 89.2 Å². The van der Waals surface area contributed by atoms with Gasteiger partial charge in [-0.25, -0.2) is 0 Å². The van der Waals surface area contributed by atoms with Gasteiger partial charge in [-0.15, -0.1) is 63.1 Å². The number of rotatable bonds is 8. The number of thiol groups is 5. The van der Waals surface area contributed by atoms with E-state index in [9.17, 15) is 0 Å². The number of benzene rings is 1. The Morgan fingerprint density at radius 3 is 1.68 bits per heavy atom. The van der Waals surface area contributed by atoms with Crippen LogP contribution >= 0.6 is 63.1 Å². The van der Waals surface area contributed by atoms with E-state index in [1.165, 1.54) is 19.3 Å². The molecule has 0 heterocycles. The SMILES string of the molecule is CCCCCC(C)(CCC)Nc1c(S)c(S)c(S)c(S)c1S. The van der Waals surface area contributed by atoms with Crippen molar-refractivity contribution in [3.8, 4) is 0 Å². The van der Waals surface area contributed by atoms with Crippen LogP contribution in [0.2, 0.25) is 0 Å². The average Bonchev–Trinajstić information content (AvgIpc) is 2.48. The van der Waals surface area contributed by atoms with E-state index >= 15 is 0 Å². The molecule has 0 amide bonds. The van der Waals surface area contributed by atoms with Crippen LogP contribution in [-0.4, -0.2) is 5.54 Å². The molecule has 0 radical (unpaired) electrons. The highest BCUT2D eigenvalue weighted by molar-refractivity contribution is 7.87. The smallest absolute Gasteiger partial charge is 0.0639 e. The van der Waals surface area contributed by atoms with Gasteiger partial charge in [0, 0.05) is 30.0 Å². The summed E-state index contributed by atoms with van der Waals surface area (Å²) in [6.45, 7) is 6.72. The summed E-state index contributed by atoms with van der Waals surface area (Å²) in [7, 11) is 0. The van der Waals surface area contributed by atoms with Gasteiger partial charge in [-0.2, -0.15) is 0 Å². The summed E-state index contributed by atoms with van der Waals surface area (Å²) in [6, 6.07) is 0. The van der Waals surface area contributed by atoms with Gasteiger partial charge in [0.1, 0.15) is 0 Å². The molecule has 1 unspecified atom stereocenters. The zero-order valence-electron chi connectivity index (χ0n) is 13.5. The molecular formula is C16H27NS5. The normalized spacial score (nSPS) is 14.0.